The number of anilines is 1. The molecule has 2 N–H and O–H groups in total. The Morgan fingerprint density at radius 3 is 2.57 bits per heavy atom. The van der Waals surface area contributed by atoms with Gasteiger partial charge in [0.25, 0.3) is 5.91 Å². The molecule has 21 heavy (non-hydrogen) atoms. The van der Waals surface area contributed by atoms with E-state index in [-0.39, 0.29) is 0 Å². The summed E-state index contributed by atoms with van der Waals surface area (Å²) >= 11 is 0. The number of nitrogens with zero attached hydrogens (tertiary/aromatic N) is 1. The van der Waals surface area contributed by atoms with Crippen LogP contribution in [-0.4, -0.2) is 21.6 Å². The Bertz CT molecular complexity index is 592. The van der Waals surface area contributed by atoms with E-state index in [2.05, 4.69) is 10.3 Å². The van der Waals surface area contributed by atoms with E-state index in [1.54, 1.807) is 6.20 Å². The zero-order valence-electron chi connectivity index (χ0n) is 12.3. The second-order valence-electron chi connectivity index (χ2n) is 5.42. The lowest BCUT2D eigenvalue weighted by atomic mass is 9.97. The van der Waals surface area contributed by atoms with Crippen LogP contribution in [0.15, 0.2) is 48.7 Å². The van der Waals surface area contributed by atoms with Gasteiger partial charge in [0.15, 0.2) is 0 Å². The van der Waals surface area contributed by atoms with Crippen molar-refractivity contribution in [2.45, 2.75) is 32.3 Å². The van der Waals surface area contributed by atoms with Crippen molar-refractivity contribution in [1.29, 1.82) is 0 Å². The highest BCUT2D eigenvalue weighted by Crippen LogP contribution is 2.17. The second-order valence-corrected chi connectivity index (χ2v) is 5.42. The van der Waals surface area contributed by atoms with Gasteiger partial charge in [-0.25, -0.2) is 0 Å². The summed E-state index contributed by atoms with van der Waals surface area (Å²) in [4.78, 5) is 16.4. The van der Waals surface area contributed by atoms with Crippen LogP contribution in [0.1, 0.15) is 24.6 Å². The lowest BCUT2D eigenvalue weighted by Crippen LogP contribution is -2.40. The Morgan fingerprint density at radius 1 is 1.24 bits per heavy atom. The number of hydrogen-bond acceptors (Lipinski definition) is 3. The number of aryl methyl sites for hydroxylation is 2. The maximum atomic E-state index is 12.2. The van der Waals surface area contributed by atoms with Gasteiger partial charge in [-0.1, -0.05) is 23.8 Å². The summed E-state index contributed by atoms with van der Waals surface area (Å²) in [6, 6.07) is 13.1. The summed E-state index contributed by atoms with van der Waals surface area (Å²) < 4.78 is 0. The minimum absolute atomic E-state index is 0.321. The summed E-state index contributed by atoms with van der Waals surface area (Å²) in [6.45, 7) is 3.51. The zero-order chi connectivity index (χ0) is 15.3. The van der Waals surface area contributed by atoms with Gasteiger partial charge < -0.3 is 10.4 Å². The molecule has 0 unspecified atom stereocenters. The summed E-state index contributed by atoms with van der Waals surface area (Å²) in [5.74, 6) is -0.401. The highest BCUT2D eigenvalue weighted by molar-refractivity contribution is 5.96. The number of aliphatic hydroxyl groups is 1. The fourth-order valence-corrected chi connectivity index (χ4v) is 1.93. The number of hydrogen-bond donors (Lipinski definition) is 2. The predicted molar refractivity (Wildman–Crippen MR) is 83.0 cm³/mol. The summed E-state index contributed by atoms with van der Waals surface area (Å²) in [5.41, 5.74) is 1.24. The molecule has 1 aromatic carbocycles. The molecule has 0 aliphatic carbocycles. The molecule has 0 bridgehead atoms. The number of rotatable bonds is 5. The van der Waals surface area contributed by atoms with Crippen molar-refractivity contribution in [3.8, 4) is 0 Å². The number of carbonyl (C=O) groups excluding carboxylic acids is 1. The highest BCUT2D eigenvalue weighted by Gasteiger charge is 2.30. The molecule has 1 aromatic heterocycles. The van der Waals surface area contributed by atoms with Crippen molar-refractivity contribution in [2.24, 2.45) is 0 Å². The van der Waals surface area contributed by atoms with Crippen LogP contribution in [0.2, 0.25) is 0 Å². The Balaban J connectivity index is 1.95. The number of aromatic nitrogens is 1. The van der Waals surface area contributed by atoms with Crippen molar-refractivity contribution in [2.75, 3.05) is 5.32 Å². The Hall–Kier alpha value is -2.20. The number of amides is 1. The van der Waals surface area contributed by atoms with Crippen LogP contribution < -0.4 is 5.32 Å². The number of pyridine rings is 1. The largest absolute Gasteiger partial charge is 0.380 e. The van der Waals surface area contributed by atoms with E-state index < -0.39 is 11.5 Å². The van der Waals surface area contributed by atoms with Crippen LogP contribution in [0.3, 0.4) is 0 Å². The van der Waals surface area contributed by atoms with E-state index in [9.17, 15) is 9.90 Å². The van der Waals surface area contributed by atoms with Crippen molar-refractivity contribution in [3.05, 3.63) is 59.9 Å². The van der Waals surface area contributed by atoms with Crippen molar-refractivity contribution in [1.82, 2.24) is 4.98 Å². The molecule has 110 valence electrons. The minimum Gasteiger partial charge on any atom is -0.380 e. The number of carbonyl (C=O) groups is 1. The van der Waals surface area contributed by atoms with Gasteiger partial charge >= 0.3 is 0 Å². The number of nitrogens with one attached hydrogen (secondary N) is 1. The molecule has 0 saturated heterocycles. The maximum Gasteiger partial charge on any atom is 0.256 e. The molecule has 1 heterocycles. The van der Waals surface area contributed by atoms with E-state index in [1.807, 2.05) is 49.4 Å². The minimum atomic E-state index is -1.43. The average Bonchev–Trinajstić information content (AvgIpc) is 2.48. The molecule has 0 saturated carbocycles. The van der Waals surface area contributed by atoms with E-state index in [0.717, 1.165) is 11.3 Å². The molecular weight excluding hydrogens is 264 g/mol. The van der Waals surface area contributed by atoms with Crippen LogP contribution in [0.5, 0.6) is 0 Å². The van der Waals surface area contributed by atoms with Crippen LogP contribution >= 0.6 is 0 Å². The van der Waals surface area contributed by atoms with Crippen LogP contribution in [-0.2, 0) is 11.2 Å². The van der Waals surface area contributed by atoms with Gasteiger partial charge in [0.1, 0.15) is 5.60 Å². The van der Waals surface area contributed by atoms with Gasteiger partial charge in [-0.15, -0.1) is 0 Å². The highest BCUT2D eigenvalue weighted by atomic mass is 16.3. The van der Waals surface area contributed by atoms with Crippen molar-refractivity contribution >= 4 is 11.6 Å². The zero-order valence-corrected chi connectivity index (χ0v) is 12.3. The second kappa shape index (κ2) is 6.50. The van der Waals surface area contributed by atoms with Gasteiger partial charge in [0.2, 0.25) is 0 Å². The SMILES string of the molecule is Cc1ccc(NC(=O)[C@@](C)(O)CCc2ccccn2)cc1. The predicted octanol–water partition coefficient (Wildman–Crippen LogP) is 2.71. The molecule has 0 spiro atoms. The fraction of sp³-hybridized carbons (Fsp3) is 0.294. The molecule has 4 nitrogen and oxygen atoms in total. The quantitative estimate of drug-likeness (QED) is 0.887. The third-order valence-corrected chi connectivity index (χ3v) is 3.39. The fourth-order valence-electron chi connectivity index (χ4n) is 1.93. The van der Waals surface area contributed by atoms with Crippen LogP contribution in [0, 0.1) is 6.92 Å². The first kappa shape index (κ1) is 15.2. The third-order valence-electron chi connectivity index (χ3n) is 3.39. The van der Waals surface area contributed by atoms with Gasteiger partial charge in [-0.3, -0.25) is 9.78 Å². The van der Waals surface area contributed by atoms with Gasteiger partial charge in [-0.05, 0) is 51.0 Å². The van der Waals surface area contributed by atoms with Gasteiger partial charge in [-0.2, -0.15) is 0 Å². The maximum absolute atomic E-state index is 12.2. The van der Waals surface area contributed by atoms with E-state index in [1.165, 1.54) is 6.92 Å². The molecule has 4 heteroatoms. The van der Waals surface area contributed by atoms with Crippen LogP contribution in [0.4, 0.5) is 5.69 Å². The third kappa shape index (κ3) is 4.39. The molecule has 1 amide bonds. The van der Waals surface area contributed by atoms with Crippen LogP contribution in [0.25, 0.3) is 0 Å². The normalized spacial score (nSPS) is 13.5. The molecule has 0 aliphatic heterocycles. The van der Waals surface area contributed by atoms with E-state index in [4.69, 9.17) is 0 Å². The average molecular weight is 284 g/mol. The van der Waals surface area contributed by atoms with Gasteiger partial charge in [0, 0.05) is 17.6 Å². The lowest BCUT2D eigenvalue weighted by molar-refractivity contribution is -0.132. The smallest absolute Gasteiger partial charge is 0.256 e. The summed E-state index contributed by atoms with van der Waals surface area (Å²) in [7, 11) is 0. The molecular formula is C17H20N2O2. The lowest BCUT2D eigenvalue weighted by Gasteiger charge is -2.22. The first-order chi connectivity index (χ1) is 9.97. The molecule has 2 rings (SSSR count). The Morgan fingerprint density at radius 2 is 1.95 bits per heavy atom. The van der Waals surface area contributed by atoms with Gasteiger partial charge in [0.05, 0.1) is 0 Å². The number of benzene rings is 1. The van der Waals surface area contributed by atoms with E-state index in [0.29, 0.717) is 18.5 Å². The van der Waals surface area contributed by atoms with Crippen molar-refractivity contribution in [3.63, 3.8) is 0 Å². The first-order valence-corrected chi connectivity index (χ1v) is 6.98. The monoisotopic (exact) mass is 284 g/mol. The molecule has 0 aliphatic rings. The topological polar surface area (TPSA) is 62.2 Å². The first-order valence-electron chi connectivity index (χ1n) is 6.98. The molecule has 2 aromatic rings. The summed E-state index contributed by atoms with van der Waals surface area (Å²) in [6.07, 6.45) is 2.58. The molecule has 0 fully saturated rings. The molecule has 1 atom stereocenters. The van der Waals surface area contributed by atoms with E-state index >= 15 is 0 Å². The standard InChI is InChI=1S/C17H20N2O2/c1-13-6-8-15(9-7-13)19-16(20)17(2,21)11-10-14-5-3-4-12-18-14/h3-9,12,21H,10-11H2,1-2H3,(H,19,20)/t17-/m0/s1. The van der Waals surface area contributed by atoms with Crippen molar-refractivity contribution < 1.29 is 9.90 Å². The Kier molecular flexibility index (Phi) is 4.70. The summed E-state index contributed by atoms with van der Waals surface area (Å²) in [5, 5.41) is 13.1. The molecule has 0 radical (unpaired) electrons. The Labute approximate surface area is 124 Å².